The zero-order valence-electron chi connectivity index (χ0n) is 10.8. The van der Waals surface area contributed by atoms with Crippen molar-refractivity contribution in [1.82, 2.24) is 5.32 Å². The van der Waals surface area contributed by atoms with Crippen molar-refractivity contribution in [2.24, 2.45) is 17.6 Å². The smallest absolute Gasteiger partial charge is 0.00819 e. The van der Waals surface area contributed by atoms with Crippen molar-refractivity contribution in [2.45, 2.75) is 70.4 Å². The third kappa shape index (κ3) is 3.74. The highest BCUT2D eigenvalue weighted by Gasteiger charge is 2.22. The minimum Gasteiger partial charge on any atom is -0.328 e. The van der Waals surface area contributed by atoms with Gasteiger partial charge in [0.25, 0.3) is 0 Å². The average molecular weight is 224 g/mol. The van der Waals surface area contributed by atoms with Gasteiger partial charge >= 0.3 is 0 Å². The maximum absolute atomic E-state index is 6.01. The summed E-state index contributed by atoms with van der Waals surface area (Å²) >= 11 is 0. The van der Waals surface area contributed by atoms with Crippen LogP contribution in [0.2, 0.25) is 0 Å². The summed E-state index contributed by atoms with van der Waals surface area (Å²) in [5.41, 5.74) is 6.01. The van der Waals surface area contributed by atoms with E-state index in [-0.39, 0.29) is 0 Å². The van der Waals surface area contributed by atoms with Gasteiger partial charge in [-0.3, -0.25) is 0 Å². The van der Waals surface area contributed by atoms with E-state index in [2.05, 4.69) is 12.2 Å². The average Bonchev–Trinajstić information content (AvgIpc) is 2.28. The Bertz CT molecular complexity index is 197. The molecule has 0 radical (unpaired) electrons. The number of hydrogen-bond donors (Lipinski definition) is 2. The molecule has 2 rings (SSSR count). The van der Waals surface area contributed by atoms with Gasteiger partial charge in [0.1, 0.15) is 0 Å². The molecule has 2 unspecified atom stereocenters. The molecule has 0 aliphatic heterocycles. The maximum atomic E-state index is 6.01. The highest BCUT2D eigenvalue weighted by atomic mass is 14.9. The van der Waals surface area contributed by atoms with E-state index in [1.165, 1.54) is 57.9 Å². The van der Waals surface area contributed by atoms with Gasteiger partial charge in [-0.2, -0.15) is 0 Å². The van der Waals surface area contributed by atoms with Crippen LogP contribution in [0.15, 0.2) is 0 Å². The van der Waals surface area contributed by atoms with Gasteiger partial charge in [0.05, 0.1) is 0 Å². The van der Waals surface area contributed by atoms with Gasteiger partial charge in [0.15, 0.2) is 0 Å². The summed E-state index contributed by atoms with van der Waals surface area (Å²) in [6, 6.07) is 1.17. The Kier molecular flexibility index (Phi) is 4.66. The van der Waals surface area contributed by atoms with Crippen LogP contribution in [0.3, 0.4) is 0 Å². The Morgan fingerprint density at radius 3 is 2.50 bits per heavy atom. The molecule has 0 saturated heterocycles. The third-order valence-corrected chi connectivity index (χ3v) is 4.55. The fourth-order valence-electron chi connectivity index (χ4n) is 3.28. The Morgan fingerprint density at radius 2 is 1.81 bits per heavy atom. The zero-order chi connectivity index (χ0) is 11.4. The first kappa shape index (κ1) is 12.4. The van der Waals surface area contributed by atoms with E-state index >= 15 is 0 Å². The second-order valence-electron chi connectivity index (χ2n) is 6.16. The van der Waals surface area contributed by atoms with E-state index in [9.17, 15) is 0 Å². The van der Waals surface area contributed by atoms with Crippen LogP contribution in [0.1, 0.15) is 58.3 Å². The fourth-order valence-corrected chi connectivity index (χ4v) is 3.28. The minimum absolute atomic E-state index is 0.456. The van der Waals surface area contributed by atoms with Crippen LogP contribution >= 0.6 is 0 Å². The molecule has 0 bridgehead atoms. The second-order valence-corrected chi connectivity index (χ2v) is 6.16. The monoisotopic (exact) mass is 224 g/mol. The van der Waals surface area contributed by atoms with Crippen molar-refractivity contribution in [1.29, 1.82) is 0 Å². The van der Waals surface area contributed by atoms with Crippen LogP contribution < -0.4 is 11.1 Å². The molecule has 0 heterocycles. The molecular weight excluding hydrogens is 196 g/mol. The lowest BCUT2D eigenvalue weighted by Gasteiger charge is -2.31. The number of nitrogens with two attached hydrogens (primary N) is 1. The first-order valence-corrected chi connectivity index (χ1v) is 7.23. The molecule has 0 aromatic rings. The SMILES string of the molecule is CC1CCC(CNC2CCCC(N)C2)CC1. The van der Waals surface area contributed by atoms with Crippen molar-refractivity contribution in [3.63, 3.8) is 0 Å². The van der Waals surface area contributed by atoms with Crippen LogP contribution in [0.4, 0.5) is 0 Å². The quantitative estimate of drug-likeness (QED) is 0.773. The lowest BCUT2D eigenvalue weighted by molar-refractivity contribution is 0.257. The van der Waals surface area contributed by atoms with Crippen LogP contribution in [0.25, 0.3) is 0 Å². The van der Waals surface area contributed by atoms with Crippen LogP contribution in [-0.4, -0.2) is 18.6 Å². The zero-order valence-corrected chi connectivity index (χ0v) is 10.8. The molecule has 2 fully saturated rings. The Morgan fingerprint density at radius 1 is 1.06 bits per heavy atom. The van der Waals surface area contributed by atoms with Crippen molar-refractivity contribution in [3.8, 4) is 0 Å². The van der Waals surface area contributed by atoms with Gasteiger partial charge in [-0.1, -0.05) is 26.2 Å². The number of nitrogens with one attached hydrogen (secondary N) is 1. The topological polar surface area (TPSA) is 38.0 Å². The van der Waals surface area contributed by atoms with E-state index in [0.717, 1.165) is 11.8 Å². The molecule has 16 heavy (non-hydrogen) atoms. The largest absolute Gasteiger partial charge is 0.328 e. The summed E-state index contributed by atoms with van der Waals surface area (Å²) in [5, 5.41) is 3.76. The number of hydrogen-bond acceptors (Lipinski definition) is 2. The summed E-state index contributed by atoms with van der Waals surface area (Å²) < 4.78 is 0. The molecule has 2 nitrogen and oxygen atoms in total. The van der Waals surface area contributed by atoms with Crippen LogP contribution in [0.5, 0.6) is 0 Å². The first-order chi connectivity index (χ1) is 7.74. The third-order valence-electron chi connectivity index (χ3n) is 4.55. The van der Waals surface area contributed by atoms with Gasteiger partial charge < -0.3 is 11.1 Å². The molecule has 2 aliphatic carbocycles. The second kappa shape index (κ2) is 6.02. The van der Waals surface area contributed by atoms with E-state index in [0.29, 0.717) is 12.1 Å². The fraction of sp³-hybridized carbons (Fsp3) is 1.00. The van der Waals surface area contributed by atoms with Crippen molar-refractivity contribution in [3.05, 3.63) is 0 Å². The molecule has 0 amide bonds. The lowest BCUT2D eigenvalue weighted by atomic mass is 9.82. The van der Waals surface area contributed by atoms with E-state index in [4.69, 9.17) is 5.73 Å². The summed E-state index contributed by atoms with van der Waals surface area (Å²) in [6.07, 6.45) is 10.9. The standard InChI is InChI=1S/C14H28N2/c1-11-5-7-12(8-6-11)10-16-14-4-2-3-13(15)9-14/h11-14,16H,2-10,15H2,1H3. The highest BCUT2D eigenvalue weighted by Crippen LogP contribution is 2.28. The molecule has 2 saturated carbocycles. The summed E-state index contributed by atoms with van der Waals surface area (Å²) in [7, 11) is 0. The predicted molar refractivity (Wildman–Crippen MR) is 69.4 cm³/mol. The van der Waals surface area contributed by atoms with E-state index < -0.39 is 0 Å². The Labute approximate surface area is 100 Å². The van der Waals surface area contributed by atoms with Crippen molar-refractivity contribution < 1.29 is 0 Å². The van der Waals surface area contributed by atoms with Crippen LogP contribution in [-0.2, 0) is 0 Å². The molecule has 0 aromatic carbocycles. The lowest BCUT2D eigenvalue weighted by Crippen LogP contribution is -2.41. The van der Waals surface area contributed by atoms with Crippen molar-refractivity contribution >= 4 is 0 Å². The van der Waals surface area contributed by atoms with Crippen LogP contribution in [0, 0.1) is 11.8 Å². The minimum atomic E-state index is 0.456. The molecular formula is C14H28N2. The van der Waals surface area contributed by atoms with Gasteiger partial charge in [-0.15, -0.1) is 0 Å². The Hall–Kier alpha value is -0.0800. The van der Waals surface area contributed by atoms with Gasteiger partial charge in [-0.25, -0.2) is 0 Å². The summed E-state index contributed by atoms with van der Waals surface area (Å²) in [4.78, 5) is 0. The van der Waals surface area contributed by atoms with E-state index in [1.807, 2.05) is 0 Å². The number of rotatable bonds is 3. The Balaban J connectivity index is 1.63. The van der Waals surface area contributed by atoms with Gasteiger partial charge in [0.2, 0.25) is 0 Å². The predicted octanol–water partition coefficient (Wildman–Crippen LogP) is 2.67. The molecule has 0 spiro atoms. The summed E-state index contributed by atoms with van der Waals surface area (Å²) in [6.45, 7) is 3.63. The van der Waals surface area contributed by atoms with E-state index in [1.54, 1.807) is 0 Å². The highest BCUT2D eigenvalue weighted by molar-refractivity contribution is 4.81. The molecule has 94 valence electrons. The molecule has 3 N–H and O–H groups in total. The molecule has 0 aromatic heterocycles. The maximum Gasteiger partial charge on any atom is 0.00819 e. The molecule has 2 atom stereocenters. The van der Waals surface area contributed by atoms with Gasteiger partial charge in [-0.05, 0) is 50.5 Å². The normalized spacial score (nSPS) is 40.9. The van der Waals surface area contributed by atoms with Gasteiger partial charge in [0, 0.05) is 12.1 Å². The van der Waals surface area contributed by atoms with Crippen molar-refractivity contribution in [2.75, 3.05) is 6.54 Å². The molecule has 2 heteroatoms. The molecule has 2 aliphatic rings. The summed E-state index contributed by atoms with van der Waals surface area (Å²) in [5.74, 6) is 1.91. The first-order valence-electron chi connectivity index (χ1n) is 7.23.